The van der Waals surface area contributed by atoms with E-state index in [-0.39, 0.29) is 27.1 Å². The molecule has 420 valence electrons. The molecule has 0 aliphatic carbocycles. The Morgan fingerprint density at radius 3 is 1.24 bits per heavy atom. The number of hydrogen-bond donors (Lipinski definition) is 3. The largest absolute Gasteiger partial charge is 0.522 e. The molecule has 0 aromatic heterocycles. The van der Waals surface area contributed by atoms with E-state index in [0.29, 0.717) is 6.54 Å². The van der Waals surface area contributed by atoms with Crippen molar-refractivity contribution in [3.8, 4) is 0 Å². The van der Waals surface area contributed by atoms with Gasteiger partial charge in [-0.1, -0.05) is 18.2 Å². The Labute approximate surface area is 379 Å². The summed E-state index contributed by atoms with van der Waals surface area (Å²) >= 11 is 0. The second-order valence-electron chi connectivity index (χ2n) is 12.9. The first-order chi connectivity index (χ1) is 31.1. The van der Waals surface area contributed by atoms with Crippen LogP contribution in [0, 0.1) is 0 Å². The van der Waals surface area contributed by atoms with Gasteiger partial charge in [-0.05, 0) is 0 Å². The highest BCUT2D eigenvalue weighted by Gasteiger charge is 2.81. The van der Waals surface area contributed by atoms with Crippen LogP contribution in [0.4, 0.5) is 119 Å². The van der Waals surface area contributed by atoms with Gasteiger partial charge in [-0.25, -0.2) is 31.1 Å². The minimum absolute atomic E-state index is 0.00151. The van der Waals surface area contributed by atoms with Crippen molar-refractivity contribution in [2.45, 2.75) is 111 Å². The average Bonchev–Trinajstić information content (AvgIpc) is 3.16. The van der Waals surface area contributed by atoms with Gasteiger partial charge in [-0.2, -0.15) is 79.0 Å². The highest BCUT2D eigenvalue weighted by Crippen LogP contribution is 2.54. The topological polar surface area (TPSA) is 155 Å². The predicted molar refractivity (Wildman–Crippen MR) is 181 cm³/mol. The van der Waals surface area contributed by atoms with E-state index in [2.05, 4.69) is 44.0 Å². The maximum absolute atomic E-state index is 14.2. The molecule has 0 aliphatic rings. The third kappa shape index (κ3) is 21.4. The lowest BCUT2D eigenvalue weighted by molar-refractivity contribution is -0.424. The van der Waals surface area contributed by atoms with Crippen molar-refractivity contribution in [3.63, 3.8) is 0 Å². The lowest BCUT2D eigenvalue weighted by Crippen LogP contribution is -2.62. The number of carbonyl (C=O) groups excluding carboxylic acids is 4. The molecule has 0 saturated carbocycles. The molecule has 0 radical (unpaired) electrons. The van der Waals surface area contributed by atoms with Crippen molar-refractivity contribution < 1.29 is 157 Å². The van der Waals surface area contributed by atoms with Crippen molar-refractivity contribution in [2.24, 2.45) is 5.73 Å². The molecule has 0 bridgehead atoms. The van der Waals surface area contributed by atoms with Gasteiger partial charge in [-0.3, -0.25) is 19.1 Å². The molecule has 0 aliphatic heterocycles. The number of methoxy groups -OCH3 is 1. The van der Waals surface area contributed by atoms with Gasteiger partial charge in [0.2, 0.25) is 5.91 Å². The number of halogens is 27. The molecule has 0 aromatic rings. The van der Waals surface area contributed by atoms with Crippen LogP contribution in [0.15, 0.2) is 38.0 Å². The molecular weight excluding hydrogens is 1080 g/mol. The van der Waals surface area contributed by atoms with Gasteiger partial charge in [0.1, 0.15) is 0 Å². The fourth-order valence-corrected chi connectivity index (χ4v) is 3.30. The summed E-state index contributed by atoms with van der Waals surface area (Å²) in [6, 6.07) is 0. The Bertz CT molecular complexity index is 1740. The molecule has 38 heteroatoms. The molecule has 2 amide bonds. The number of esters is 2. The Hall–Kier alpha value is -4.91. The standard InChI is InChI=1S/C12H17F3N2O2.C10H5F13O4.C8H7F11O2.C3H7N/c1-4-6-16-9(18)8-12(15,11(3,13)14)10(19)17-7-5-2;1-5(11,12)6(13,4(25)27-10(22,23)8(17,18)19)2-3(24)26-9(20,21)7(14,15)16;1-20-7(15,16)6(13,14)5(11,12)4(9,10)2-3-21-8(17,18)19;1-2-3-4/h4-5H,1-2,6-8H2,3H3,(H,16,18)(H,17,19);2H2,1H3;2-3H2,1H3;2H,1,3-4H2. The summed E-state index contributed by atoms with van der Waals surface area (Å²) in [5, 5.41) is 4.07. The second-order valence-corrected chi connectivity index (χ2v) is 12.9. The minimum Gasteiger partial charge on any atom is -0.394 e. The molecule has 2 atom stereocenters. The summed E-state index contributed by atoms with van der Waals surface area (Å²) in [6.07, 6.45) is -40.5. The van der Waals surface area contributed by atoms with Gasteiger partial charge in [0, 0.05) is 47.0 Å². The summed E-state index contributed by atoms with van der Waals surface area (Å²) in [5.74, 6) is -38.2. The minimum atomic E-state index is -6.74. The van der Waals surface area contributed by atoms with Gasteiger partial charge in [0.25, 0.3) is 29.1 Å². The fraction of sp³-hybridized carbons (Fsp3) is 0.697. The summed E-state index contributed by atoms with van der Waals surface area (Å²) in [7, 11) is -0.144. The van der Waals surface area contributed by atoms with Crippen molar-refractivity contribution in [1.29, 1.82) is 0 Å². The Morgan fingerprint density at radius 2 is 0.915 bits per heavy atom. The monoisotopic (exact) mass is 1120 g/mol. The van der Waals surface area contributed by atoms with E-state index in [9.17, 15) is 138 Å². The molecular formula is C33H36F27N3O8. The summed E-state index contributed by atoms with van der Waals surface area (Å²) in [6.45, 7) is 7.76. The molecule has 0 rings (SSSR count). The molecule has 0 aromatic carbocycles. The van der Waals surface area contributed by atoms with Crippen molar-refractivity contribution in [3.05, 3.63) is 38.0 Å². The zero-order chi connectivity index (χ0) is 58.1. The number of carbonyl (C=O) groups is 4. The summed E-state index contributed by atoms with van der Waals surface area (Å²) in [5.41, 5.74) is -4.21. The molecule has 2 unspecified atom stereocenters. The van der Waals surface area contributed by atoms with Crippen molar-refractivity contribution >= 4 is 23.8 Å². The second kappa shape index (κ2) is 26.2. The first-order valence-electron chi connectivity index (χ1n) is 17.4. The third-order valence-corrected chi connectivity index (χ3v) is 7.16. The first-order valence-corrected chi connectivity index (χ1v) is 17.4. The molecule has 0 heterocycles. The summed E-state index contributed by atoms with van der Waals surface area (Å²) < 4.78 is 348. The molecule has 4 N–H and O–H groups in total. The van der Waals surface area contributed by atoms with Crippen LogP contribution in [0.25, 0.3) is 0 Å². The highest BCUT2D eigenvalue weighted by atomic mass is 19.4. The lowest BCUT2D eigenvalue weighted by atomic mass is 9.93. The van der Waals surface area contributed by atoms with Crippen LogP contribution in [-0.4, -0.2) is 135 Å². The van der Waals surface area contributed by atoms with Gasteiger partial charge in [0.15, 0.2) is 0 Å². The van der Waals surface area contributed by atoms with E-state index in [0.717, 1.165) is 0 Å². The van der Waals surface area contributed by atoms with E-state index < -0.39 is 135 Å². The third-order valence-electron chi connectivity index (χ3n) is 7.16. The Morgan fingerprint density at radius 1 is 0.535 bits per heavy atom. The van der Waals surface area contributed by atoms with Crippen LogP contribution in [-0.2, 0) is 38.1 Å². The number of nitrogens with two attached hydrogens (primary N) is 1. The lowest BCUT2D eigenvalue weighted by Gasteiger charge is -2.35. The first kappa shape index (κ1) is 72.6. The number of alkyl halides is 27. The predicted octanol–water partition coefficient (Wildman–Crippen LogP) is 9.67. The van der Waals surface area contributed by atoms with E-state index in [1.165, 1.54) is 12.2 Å². The number of rotatable bonds is 22. The smallest absolute Gasteiger partial charge is 0.394 e. The van der Waals surface area contributed by atoms with Gasteiger partial charge in [-0.15, -0.1) is 32.9 Å². The molecule has 0 saturated heterocycles. The molecule has 71 heavy (non-hydrogen) atoms. The van der Waals surface area contributed by atoms with E-state index in [1.54, 1.807) is 6.08 Å². The van der Waals surface area contributed by atoms with E-state index >= 15 is 0 Å². The normalized spacial score (nSPS) is 15.0. The van der Waals surface area contributed by atoms with Crippen LogP contribution in [0.2, 0.25) is 0 Å². The fourth-order valence-electron chi connectivity index (χ4n) is 3.30. The van der Waals surface area contributed by atoms with Gasteiger partial charge >= 0.3 is 66.7 Å². The summed E-state index contributed by atoms with van der Waals surface area (Å²) in [4.78, 5) is 44.6. The van der Waals surface area contributed by atoms with Crippen LogP contribution >= 0.6 is 0 Å². The number of hydrogen-bond acceptors (Lipinski definition) is 9. The van der Waals surface area contributed by atoms with Crippen LogP contribution in [0.5, 0.6) is 0 Å². The molecule has 0 spiro atoms. The zero-order valence-electron chi connectivity index (χ0n) is 35.4. The van der Waals surface area contributed by atoms with Gasteiger partial charge < -0.3 is 30.6 Å². The molecule has 0 fully saturated rings. The Kier molecular flexibility index (Phi) is 26.8. The van der Waals surface area contributed by atoms with Crippen LogP contribution in [0.1, 0.15) is 33.1 Å². The zero-order valence-corrected chi connectivity index (χ0v) is 35.4. The maximum Gasteiger partial charge on any atom is 0.522 e. The van der Waals surface area contributed by atoms with Crippen LogP contribution in [0.3, 0.4) is 0 Å². The maximum atomic E-state index is 14.2. The van der Waals surface area contributed by atoms with Crippen molar-refractivity contribution in [2.75, 3.05) is 33.4 Å². The molecule has 11 nitrogen and oxygen atoms in total. The average molecular weight is 1120 g/mol. The number of amides is 2. The number of nitrogens with one attached hydrogen (secondary N) is 2. The highest BCUT2D eigenvalue weighted by molar-refractivity contribution is 5.92. The van der Waals surface area contributed by atoms with Crippen molar-refractivity contribution in [1.82, 2.24) is 10.6 Å². The van der Waals surface area contributed by atoms with Gasteiger partial charge in [0.05, 0.1) is 19.4 Å². The quantitative estimate of drug-likeness (QED) is 0.0546. The van der Waals surface area contributed by atoms with E-state index in [4.69, 9.17) is 5.73 Å². The van der Waals surface area contributed by atoms with Crippen LogP contribution < -0.4 is 16.4 Å². The number of ether oxygens (including phenoxy) is 4. The SMILES string of the molecule is C=CCN.C=CCNC(=O)CC(F)(C(=O)NCC=C)C(C)(F)F.CC(F)(F)C(F)(CC(=O)OC(F)(F)C(F)(F)F)C(=O)OC(F)(F)C(F)(F)F.COC(F)(F)C(F)(F)C(F)(F)C(F)(F)CCOC(F)(F)F. The Balaban J connectivity index is -0.000000463. The van der Waals surface area contributed by atoms with E-state index in [1.807, 2.05) is 5.32 Å².